The number of benzene rings is 1. The molecule has 0 atom stereocenters. The molecule has 0 radical (unpaired) electrons. The zero-order valence-electron chi connectivity index (χ0n) is 18.0. The Balaban J connectivity index is 1.75. The Morgan fingerprint density at radius 3 is 2.71 bits per heavy atom. The number of anilines is 1. The Kier molecular flexibility index (Phi) is 5.53. The summed E-state index contributed by atoms with van der Waals surface area (Å²) < 4.78 is 4.61. The number of rotatable bonds is 6. The maximum absolute atomic E-state index is 13.1. The fourth-order valence-corrected chi connectivity index (χ4v) is 4.36. The molecule has 31 heavy (non-hydrogen) atoms. The van der Waals surface area contributed by atoms with Gasteiger partial charge < -0.3 is 5.32 Å². The van der Waals surface area contributed by atoms with E-state index in [2.05, 4.69) is 24.3 Å². The number of aromatic nitrogens is 4. The second-order valence-electron chi connectivity index (χ2n) is 8.15. The second-order valence-corrected chi connectivity index (χ2v) is 9.06. The van der Waals surface area contributed by atoms with Crippen molar-refractivity contribution in [2.45, 2.75) is 47.2 Å². The molecule has 4 rings (SSSR count). The normalized spacial score (nSPS) is 11.6. The molecule has 4 aromatic rings. The van der Waals surface area contributed by atoms with Crippen molar-refractivity contribution < 1.29 is 4.79 Å². The van der Waals surface area contributed by atoms with Crippen LogP contribution < -0.4 is 16.6 Å². The van der Waals surface area contributed by atoms with Gasteiger partial charge in [-0.3, -0.25) is 14.2 Å². The Hall–Kier alpha value is -3.20. The van der Waals surface area contributed by atoms with Crippen molar-refractivity contribution in [3.63, 3.8) is 0 Å². The van der Waals surface area contributed by atoms with Crippen LogP contribution in [0.2, 0.25) is 0 Å². The van der Waals surface area contributed by atoms with Crippen LogP contribution in [0.15, 0.2) is 39.2 Å². The summed E-state index contributed by atoms with van der Waals surface area (Å²) in [6.07, 6.45) is 0.778. The first-order valence-electron chi connectivity index (χ1n) is 10.2. The Morgan fingerprint density at radius 1 is 1.19 bits per heavy atom. The lowest BCUT2D eigenvalue weighted by Crippen LogP contribution is -2.29. The highest BCUT2D eigenvalue weighted by Crippen LogP contribution is 2.19. The molecule has 0 aliphatic rings. The van der Waals surface area contributed by atoms with Gasteiger partial charge in [-0.15, -0.1) is 16.4 Å². The molecule has 0 aliphatic carbocycles. The van der Waals surface area contributed by atoms with Crippen molar-refractivity contribution in [3.8, 4) is 0 Å². The van der Waals surface area contributed by atoms with Gasteiger partial charge in [0.1, 0.15) is 11.2 Å². The maximum Gasteiger partial charge on any atom is 0.352 e. The Labute approximate surface area is 182 Å². The molecule has 1 aromatic carbocycles. The molecule has 0 spiro atoms. The number of hydrogen-bond acceptors (Lipinski definition) is 5. The minimum Gasteiger partial charge on any atom is -0.324 e. The van der Waals surface area contributed by atoms with Crippen molar-refractivity contribution in [3.05, 3.63) is 61.6 Å². The van der Waals surface area contributed by atoms with E-state index >= 15 is 0 Å². The number of hydrogen-bond donors (Lipinski definition) is 1. The molecule has 1 N–H and O–H groups in total. The Morgan fingerprint density at radius 2 is 1.97 bits per heavy atom. The summed E-state index contributed by atoms with van der Waals surface area (Å²) >= 11 is 1.30. The second kappa shape index (κ2) is 8.14. The van der Waals surface area contributed by atoms with Gasteiger partial charge in [0.2, 0.25) is 11.7 Å². The highest BCUT2D eigenvalue weighted by Gasteiger charge is 2.19. The first kappa shape index (κ1) is 21.0. The van der Waals surface area contributed by atoms with Crippen molar-refractivity contribution in [2.24, 2.45) is 5.92 Å². The first-order valence-corrected chi connectivity index (χ1v) is 11.1. The van der Waals surface area contributed by atoms with E-state index in [9.17, 15) is 14.4 Å². The molecular weight excluding hydrogens is 414 g/mol. The van der Waals surface area contributed by atoms with E-state index in [1.165, 1.54) is 15.7 Å². The van der Waals surface area contributed by atoms with Crippen LogP contribution in [0.3, 0.4) is 0 Å². The molecule has 9 heteroatoms. The molecule has 0 unspecified atom stereocenters. The van der Waals surface area contributed by atoms with E-state index in [1.54, 1.807) is 16.0 Å². The van der Waals surface area contributed by atoms with E-state index in [0.29, 0.717) is 28.4 Å². The number of fused-ring (bicyclic) bond motifs is 3. The molecule has 0 aliphatic heterocycles. The van der Waals surface area contributed by atoms with Gasteiger partial charge in [-0.25, -0.2) is 13.9 Å². The average molecular weight is 440 g/mol. The van der Waals surface area contributed by atoms with Crippen LogP contribution in [-0.2, 0) is 17.9 Å². The largest absolute Gasteiger partial charge is 0.352 e. The van der Waals surface area contributed by atoms with Gasteiger partial charge >= 0.3 is 5.69 Å². The van der Waals surface area contributed by atoms with E-state index in [1.807, 2.05) is 32.0 Å². The van der Waals surface area contributed by atoms with Crippen LogP contribution in [0, 0.1) is 19.8 Å². The highest BCUT2D eigenvalue weighted by atomic mass is 32.1. The summed E-state index contributed by atoms with van der Waals surface area (Å²) in [6, 6.07) is 7.41. The summed E-state index contributed by atoms with van der Waals surface area (Å²) in [5, 5.41) is 9.02. The molecule has 3 heterocycles. The van der Waals surface area contributed by atoms with E-state index in [-0.39, 0.29) is 23.8 Å². The molecule has 1 amide bonds. The number of aryl methyl sites for hydroxylation is 2. The van der Waals surface area contributed by atoms with Gasteiger partial charge in [0.05, 0.1) is 5.52 Å². The summed E-state index contributed by atoms with van der Waals surface area (Å²) in [4.78, 5) is 38.8. The van der Waals surface area contributed by atoms with Crippen LogP contribution in [0.5, 0.6) is 0 Å². The van der Waals surface area contributed by atoms with Crippen molar-refractivity contribution in [1.82, 2.24) is 18.7 Å². The van der Waals surface area contributed by atoms with Gasteiger partial charge in [0.15, 0.2) is 0 Å². The third-order valence-corrected chi connectivity index (χ3v) is 6.38. The number of amides is 1. The number of thiophene rings is 1. The van der Waals surface area contributed by atoms with Crippen molar-refractivity contribution in [2.75, 3.05) is 5.32 Å². The summed E-state index contributed by atoms with van der Waals surface area (Å²) in [7, 11) is 0. The number of carbonyl (C=O) groups excluding carboxylic acids is 1. The quantitative estimate of drug-likeness (QED) is 0.500. The lowest BCUT2D eigenvalue weighted by atomic mass is 10.1. The summed E-state index contributed by atoms with van der Waals surface area (Å²) in [5.41, 5.74) is 2.67. The molecule has 0 saturated heterocycles. The summed E-state index contributed by atoms with van der Waals surface area (Å²) in [5.74, 6) is 0.307. The van der Waals surface area contributed by atoms with Gasteiger partial charge in [0, 0.05) is 12.2 Å². The molecule has 8 nitrogen and oxygen atoms in total. The lowest BCUT2D eigenvalue weighted by Gasteiger charge is -2.10. The van der Waals surface area contributed by atoms with Crippen LogP contribution in [0.25, 0.3) is 16.0 Å². The van der Waals surface area contributed by atoms with Gasteiger partial charge in [-0.05, 0) is 54.8 Å². The zero-order valence-corrected chi connectivity index (χ0v) is 18.8. The van der Waals surface area contributed by atoms with Crippen LogP contribution in [0.4, 0.5) is 5.69 Å². The van der Waals surface area contributed by atoms with E-state index < -0.39 is 5.69 Å². The molecule has 0 bridgehead atoms. The molecule has 3 aromatic heterocycles. The fraction of sp³-hybridized carbons (Fsp3) is 0.364. The minimum absolute atomic E-state index is 0.157. The summed E-state index contributed by atoms with van der Waals surface area (Å²) in [6.45, 7) is 8.28. The van der Waals surface area contributed by atoms with E-state index in [0.717, 1.165) is 22.2 Å². The van der Waals surface area contributed by atoms with Gasteiger partial charge in [-0.2, -0.15) is 0 Å². The molecule has 162 valence electrons. The van der Waals surface area contributed by atoms with Crippen molar-refractivity contribution >= 4 is 38.9 Å². The van der Waals surface area contributed by atoms with Gasteiger partial charge in [-0.1, -0.05) is 26.0 Å². The topological polar surface area (TPSA) is 90.4 Å². The number of nitrogens with one attached hydrogen (secondary N) is 1. The zero-order chi connectivity index (χ0) is 22.3. The number of nitrogens with zero attached hydrogens (tertiary/aromatic N) is 4. The number of carbonyl (C=O) groups is 1. The van der Waals surface area contributed by atoms with Crippen LogP contribution in [-0.4, -0.2) is 24.7 Å². The van der Waals surface area contributed by atoms with Crippen LogP contribution >= 0.6 is 11.3 Å². The van der Waals surface area contributed by atoms with E-state index in [4.69, 9.17) is 0 Å². The maximum atomic E-state index is 13.1. The van der Waals surface area contributed by atoms with Crippen LogP contribution in [0.1, 0.15) is 31.4 Å². The smallest absolute Gasteiger partial charge is 0.324 e. The van der Waals surface area contributed by atoms with Crippen molar-refractivity contribution in [1.29, 1.82) is 0 Å². The Bertz CT molecular complexity index is 1410. The molecule has 0 saturated carbocycles. The standard InChI is InChI=1S/C22H25N5O3S/c1-13(2)8-10-25-20(29)19-17(9-11-31-19)27-21(25)24-26(22(27)30)12-18(28)23-16-7-5-6-14(3)15(16)4/h5-7,9,11,13H,8,10,12H2,1-4H3,(H,23,28). The van der Waals surface area contributed by atoms with Gasteiger partial charge in [0.25, 0.3) is 5.56 Å². The lowest BCUT2D eigenvalue weighted by molar-refractivity contribution is -0.117. The average Bonchev–Trinajstić information content (AvgIpc) is 3.31. The first-order chi connectivity index (χ1) is 14.8. The molecule has 0 fully saturated rings. The highest BCUT2D eigenvalue weighted by molar-refractivity contribution is 7.17. The SMILES string of the molecule is Cc1cccc(NC(=O)Cn2nc3n(CCC(C)C)c(=O)c4sccc4n3c2=O)c1C. The molecular formula is C22H25N5O3S. The monoisotopic (exact) mass is 439 g/mol. The fourth-order valence-electron chi connectivity index (χ4n) is 3.54. The third kappa shape index (κ3) is 3.81. The predicted octanol–water partition coefficient (Wildman–Crippen LogP) is 3.17. The minimum atomic E-state index is -0.437. The predicted molar refractivity (Wildman–Crippen MR) is 123 cm³/mol. The third-order valence-electron chi connectivity index (χ3n) is 5.49.